The third-order valence-electron chi connectivity index (χ3n) is 4.53. The van der Waals surface area contributed by atoms with Gasteiger partial charge in [-0.05, 0) is 40.0 Å². The molecule has 1 N–H and O–H groups in total. The first-order valence-corrected chi connectivity index (χ1v) is 9.26. The number of ether oxygens (including phenoxy) is 1. The molecule has 126 valence electrons. The Balaban J connectivity index is 1.74. The average Bonchev–Trinajstić information content (AvgIpc) is 3.12. The summed E-state index contributed by atoms with van der Waals surface area (Å²) in [5, 5.41) is 9.45. The zero-order valence-corrected chi connectivity index (χ0v) is 15.2. The van der Waals surface area contributed by atoms with Gasteiger partial charge in [-0.1, -0.05) is 6.92 Å². The van der Waals surface area contributed by atoms with Crippen LogP contribution in [0.4, 0.5) is 5.69 Å². The van der Waals surface area contributed by atoms with Crippen LogP contribution < -0.4 is 5.32 Å². The third kappa shape index (κ3) is 3.43. The van der Waals surface area contributed by atoms with E-state index in [-0.39, 0.29) is 6.04 Å². The van der Waals surface area contributed by atoms with E-state index in [2.05, 4.69) is 47.8 Å². The first-order valence-electron chi connectivity index (χ1n) is 8.44. The van der Waals surface area contributed by atoms with E-state index in [9.17, 15) is 0 Å². The highest BCUT2D eigenvalue weighted by Crippen LogP contribution is 2.31. The van der Waals surface area contributed by atoms with E-state index < -0.39 is 0 Å². The van der Waals surface area contributed by atoms with Crippen molar-refractivity contribution in [1.29, 1.82) is 0 Å². The topological polar surface area (TPSA) is 52.0 Å². The number of thiazole rings is 1. The molecule has 2 aromatic rings. The maximum atomic E-state index is 5.45. The zero-order valence-electron chi connectivity index (χ0n) is 14.4. The van der Waals surface area contributed by atoms with E-state index in [1.807, 2.05) is 17.5 Å². The van der Waals surface area contributed by atoms with Crippen LogP contribution in [-0.2, 0) is 11.2 Å². The second-order valence-electron chi connectivity index (χ2n) is 6.21. The molecule has 0 amide bonds. The van der Waals surface area contributed by atoms with Crippen LogP contribution in [0.1, 0.15) is 60.0 Å². The van der Waals surface area contributed by atoms with Gasteiger partial charge in [0.15, 0.2) is 0 Å². The Morgan fingerprint density at radius 1 is 1.39 bits per heavy atom. The van der Waals surface area contributed by atoms with Gasteiger partial charge in [-0.15, -0.1) is 11.3 Å². The van der Waals surface area contributed by atoms with Crippen molar-refractivity contribution in [3.05, 3.63) is 27.5 Å². The molecule has 0 saturated carbocycles. The standard InChI is InChI=1S/C17H26N4OS/c1-5-16-20-12(3)17(23-16)11(2)19-15-10-18-21(13(15)4)14-6-8-22-9-7-14/h10-11,14,19H,5-9H2,1-4H3. The van der Waals surface area contributed by atoms with E-state index in [0.29, 0.717) is 6.04 Å². The molecular formula is C17H26N4OS. The molecule has 0 radical (unpaired) electrons. The monoisotopic (exact) mass is 334 g/mol. The first-order chi connectivity index (χ1) is 11.1. The highest BCUT2D eigenvalue weighted by molar-refractivity contribution is 7.11. The lowest BCUT2D eigenvalue weighted by atomic mass is 10.1. The lowest BCUT2D eigenvalue weighted by molar-refractivity contribution is 0.0657. The minimum atomic E-state index is 0.249. The molecule has 6 heteroatoms. The molecule has 5 nitrogen and oxygen atoms in total. The molecule has 23 heavy (non-hydrogen) atoms. The molecule has 1 atom stereocenters. The largest absolute Gasteiger partial charge is 0.381 e. The second kappa shape index (κ2) is 7.01. The molecule has 2 aromatic heterocycles. The predicted molar refractivity (Wildman–Crippen MR) is 94.3 cm³/mol. The normalized spacial score (nSPS) is 17.4. The van der Waals surface area contributed by atoms with Crippen LogP contribution in [0.25, 0.3) is 0 Å². The summed E-state index contributed by atoms with van der Waals surface area (Å²) in [5.74, 6) is 0. The number of nitrogens with one attached hydrogen (secondary N) is 1. The summed E-state index contributed by atoms with van der Waals surface area (Å²) < 4.78 is 7.62. The van der Waals surface area contributed by atoms with Crippen molar-refractivity contribution in [3.63, 3.8) is 0 Å². The molecule has 3 rings (SSSR count). The smallest absolute Gasteiger partial charge is 0.0929 e. The minimum Gasteiger partial charge on any atom is -0.381 e. The summed E-state index contributed by atoms with van der Waals surface area (Å²) in [6, 6.07) is 0.713. The van der Waals surface area contributed by atoms with Gasteiger partial charge in [0.05, 0.1) is 40.4 Å². The highest BCUT2D eigenvalue weighted by atomic mass is 32.1. The average molecular weight is 334 g/mol. The number of nitrogens with zero attached hydrogens (tertiary/aromatic N) is 3. The SMILES string of the molecule is CCc1nc(C)c(C(C)Nc2cnn(C3CCOCC3)c2C)s1. The van der Waals surface area contributed by atoms with Crippen molar-refractivity contribution in [3.8, 4) is 0 Å². The molecule has 1 saturated heterocycles. The summed E-state index contributed by atoms with van der Waals surface area (Å²) in [4.78, 5) is 5.96. The number of anilines is 1. The molecule has 3 heterocycles. The van der Waals surface area contributed by atoms with Gasteiger partial charge < -0.3 is 10.1 Å². The van der Waals surface area contributed by atoms with Crippen LogP contribution in [0, 0.1) is 13.8 Å². The van der Waals surface area contributed by atoms with Crippen molar-refractivity contribution in [2.24, 2.45) is 0 Å². The van der Waals surface area contributed by atoms with Gasteiger partial charge in [-0.25, -0.2) is 4.98 Å². The van der Waals surface area contributed by atoms with Gasteiger partial charge in [0.25, 0.3) is 0 Å². The van der Waals surface area contributed by atoms with Crippen molar-refractivity contribution in [1.82, 2.24) is 14.8 Å². The second-order valence-corrected chi connectivity index (χ2v) is 7.32. The van der Waals surface area contributed by atoms with Gasteiger partial charge in [0, 0.05) is 18.1 Å². The summed E-state index contributed by atoms with van der Waals surface area (Å²) in [5.41, 5.74) is 3.47. The Kier molecular flexibility index (Phi) is 5.02. The van der Waals surface area contributed by atoms with Crippen molar-refractivity contribution < 1.29 is 4.74 Å². The van der Waals surface area contributed by atoms with Crippen molar-refractivity contribution in [2.75, 3.05) is 18.5 Å². The Morgan fingerprint density at radius 3 is 2.78 bits per heavy atom. The molecule has 1 fully saturated rings. The number of aryl methyl sites for hydroxylation is 2. The van der Waals surface area contributed by atoms with Crippen LogP contribution in [0.15, 0.2) is 6.20 Å². The summed E-state index contributed by atoms with van der Waals surface area (Å²) in [7, 11) is 0. The number of aromatic nitrogens is 3. The number of hydrogen-bond acceptors (Lipinski definition) is 5. The summed E-state index contributed by atoms with van der Waals surface area (Å²) in [6.07, 6.45) is 5.05. The predicted octanol–water partition coefficient (Wildman–Crippen LogP) is 4.04. The molecule has 1 aliphatic heterocycles. The maximum Gasteiger partial charge on any atom is 0.0929 e. The maximum absolute atomic E-state index is 5.45. The summed E-state index contributed by atoms with van der Waals surface area (Å²) >= 11 is 1.81. The van der Waals surface area contributed by atoms with Crippen molar-refractivity contribution in [2.45, 2.75) is 59.0 Å². The van der Waals surface area contributed by atoms with E-state index in [0.717, 1.165) is 43.9 Å². The molecule has 0 aliphatic carbocycles. The quantitative estimate of drug-likeness (QED) is 0.896. The first kappa shape index (κ1) is 16.5. The molecule has 0 bridgehead atoms. The third-order valence-corrected chi connectivity index (χ3v) is 6.01. The Hall–Kier alpha value is -1.40. The van der Waals surface area contributed by atoms with Gasteiger partial charge >= 0.3 is 0 Å². The van der Waals surface area contributed by atoms with E-state index >= 15 is 0 Å². The number of hydrogen-bond donors (Lipinski definition) is 1. The van der Waals surface area contributed by atoms with Gasteiger partial charge in [0.2, 0.25) is 0 Å². The lowest BCUT2D eigenvalue weighted by Crippen LogP contribution is -2.21. The van der Waals surface area contributed by atoms with Gasteiger partial charge in [0.1, 0.15) is 0 Å². The highest BCUT2D eigenvalue weighted by Gasteiger charge is 2.21. The van der Waals surface area contributed by atoms with E-state index in [1.54, 1.807) is 0 Å². The minimum absolute atomic E-state index is 0.249. The Bertz CT molecular complexity index is 658. The zero-order chi connectivity index (χ0) is 16.4. The van der Waals surface area contributed by atoms with Gasteiger partial charge in [-0.3, -0.25) is 4.68 Å². The molecular weight excluding hydrogens is 308 g/mol. The molecule has 1 unspecified atom stereocenters. The summed E-state index contributed by atoms with van der Waals surface area (Å²) in [6.45, 7) is 10.3. The van der Waals surface area contributed by atoms with Crippen molar-refractivity contribution >= 4 is 17.0 Å². The van der Waals surface area contributed by atoms with E-state index in [4.69, 9.17) is 4.74 Å². The van der Waals surface area contributed by atoms with Crippen LogP contribution in [-0.4, -0.2) is 28.0 Å². The van der Waals surface area contributed by atoms with Crippen LogP contribution in [0.5, 0.6) is 0 Å². The molecule has 0 aromatic carbocycles. The lowest BCUT2D eigenvalue weighted by Gasteiger charge is -2.24. The Labute approximate surface area is 142 Å². The van der Waals surface area contributed by atoms with E-state index in [1.165, 1.54) is 15.6 Å². The van der Waals surface area contributed by atoms with Crippen LogP contribution in [0.3, 0.4) is 0 Å². The van der Waals surface area contributed by atoms with Gasteiger partial charge in [-0.2, -0.15) is 5.10 Å². The molecule has 0 spiro atoms. The fourth-order valence-corrected chi connectivity index (χ4v) is 4.19. The molecule has 1 aliphatic rings. The Morgan fingerprint density at radius 2 is 2.13 bits per heavy atom. The fraction of sp³-hybridized carbons (Fsp3) is 0.647. The van der Waals surface area contributed by atoms with Crippen LogP contribution >= 0.6 is 11.3 Å². The van der Waals surface area contributed by atoms with Crippen LogP contribution in [0.2, 0.25) is 0 Å². The number of rotatable bonds is 5. The fourth-order valence-electron chi connectivity index (χ4n) is 3.18.